The van der Waals surface area contributed by atoms with Crippen LogP contribution in [0.1, 0.15) is 36.2 Å². The number of furan rings is 1. The molecule has 20 heavy (non-hydrogen) atoms. The maximum Gasteiger partial charge on any atom is 0.287 e. The third-order valence-electron chi connectivity index (χ3n) is 4.20. The summed E-state index contributed by atoms with van der Waals surface area (Å²) in [5.74, 6) is 0.819. The van der Waals surface area contributed by atoms with Gasteiger partial charge in [0.1, 0.15) is 4.90 Å². The van der Waals surface area contributed by atoms with Crippen LogP contribution in [0.4, 0.5) is 0 Å². The summed E-state index contributed by atoms with van der Waals surface area (Å²) in [5.41, 5.74) is 0. The van der Waals surface area contributed by atoms with E-state index in [1.54, 1.807) is 0 Å². The minimum Gasteiger partial charge on any atom is -0.443 e. The Kier molecular flexibility index (Phi) is 3.63. The molecule has 2 bridgehead atoms. The Labute approximate surface area is 129 Å². The maximum atomic E-state index is 12.1. The summed E-state index contributed by atoms with van der Waals surface area (Å²) in [6.07, 6.45) is 4.57. The molecule has 2 saturated carbocycles. The molecule has 3 rings (SSSR count). The van der Waals surface area contributed by atoms with Crippen LogP contribution in [0.2, 0.25) is 0 Å². The smallest absolute Gasteiger partial charge is 0.287 e. The van der Waals surface area contributed by atoms with Crippen molar-refractivity contribution in [2.45, 2.75) is 36.6 Å². The second-order valence-corrected chi connectivity index (χ2v) is 8.70. The first kappa shape index (κ1) is 14.4. The predicted molar refractivity (Wildman–Crippen MR) is 76.1 cm³/mol. The molecule has 8 heteroatoms. The summed E-state index contributed by atoms with van der Waals surface area (Å²) in [4.78, 5) is 11.9. The van der Waals surface area contributed by atoms with Crippen LogP contribution in [-0.4, -0.2) is 20.4 Å². The fourth-order valence-corrected chi connectivity index (χ4v) is 5.32. The minimum absolute atomic E-state index is 0.0427. The molecule has 3 atom stereocenters. The van der Waals surface area contributed by atoms with Crippen LogP contribution in [0.15, 0.2) is 20.0 Å². The molecule has 0 aromatic carbocycles. The van der Waals surface area contributed by atoms with Crippen LogP contribution in [-0.2, 0) is 9.05 Å². The summed E-state index contributed by atoms with van der Waals surface area (Å²) < 4.78 is 27.6. The van der Waals surface area contributed by atoms with Crippen molar-refractivity contribution in [3.8, 4) is 0 Å². The van der Waals surface area contributed by atoms with E-state index < -0.39 is 15.0 Å². The molecular weight excluding hydrogens is 370 g/mol. The maximum absolute atomic E-state index is 12.1. The Bertz CT molecular complexity index is 656. The molecule has 1 aromatic heterocycles. The molecule has 1 amide bonds. The molecule has 2 fully saturated rings. The van der Waals surface area contributed by atoms with Crippen molar-refractivity contribution in [1.29, 1.82) is 0 Å². The van der Waals surface area contributed by atoms with Crippen LogP contribution in [0, 0.1) is 11.8 Å². The van der Waals surface area contributed by atoms with E-state index in [9.17, 15) is 13.2 Å². The van der Waals surface area contributed by atoms with Gasteiger partial charge in [0.15, 0.2) is 10.4 Å². The molecular formula is C12H13BrClNO4S. The van der Waals surface area contributed by atoms with Crippen molar-refractivity contribution in [3.63, 3.8) is 0 Å². The first-order valence-electron chi connectivity index (χ1n) is 6.39. The summed E-state index contributed by atoms with van der Waals surface area (Å²) in [6.45, 7) is 0. The van der Waals surface area contributed by atoms with Gasteiger partial charge in [0.05, 0.1) is 0 Å². The lowest BCUT2D eigenvalue weighted by molar-refractivity contribution is 0.0893. The molecule has 3 unspecified atom stereocenters. The van der Waals surface area contributed by atoms with Crippen molar-refractivity contribution >= 4 is 41.6 Å². The Morgan fingerprint density at radius 1 is 1.40 bits per heavy atom. The number of amides is 1. The van der Waals surface area contributed by atoms with Gasteiger partial charge in [-0.1, -0.05) is 6.42 Å². The van der Waals surface area contributed by atoms with E-state index in [0.717, 1.165) is 18.9 Å². The molecule has 0 radical (unpaired) electrons. The predicted octanol–water partition coefficient (Wildman–Crippen LogP) is 2.89. The fourth-order valence-electron chi connectivity index (χ4n) is 3.29. The lowest BCUT2D eigenvalue weighted by Gasteiger charge is -2.22. The van der Waals surface area contributed by atoms with Gasteiger partial charge in [0.2, 0.25) is 0 Å². The number of nitrogens with one attached hydrogen (secondary N) is 1. The third-order valence-corrected chi connectivity index (χ3v) is 6.38. The van der Waals surface area contributed by atoms with Gasteiger partial charge in [-0.3, -0.25) is 4.79 Å². The van der Waals surface area contributed by atoms with Crippen molar-refractivity contribution < 1.29 is 17.6 Å². The van der Waals surface area contributed by atoms with Crippen molar-refractivity contribution in [2.24, 2.45) is 11.8 Å². The van der Waals surface area contributed by atoms with E-state index in [0.29, 0.717) is 11.8 Å². The van der Waals surface area contributed by atoms with Crippen LogP contribution in [0.25, 0.3) is 0 Å². The molecule has 0 saturated heterocycles. The standard InChI is InChI=1S/C12H13BrClNO4S/c13-11-10(20(14,17)18)5-9(19-11)12(16)15-8-4-6-1-2-7(8)3-6/h5-8H,1-4H2,(H,15,16). The van der Waals surface area contributed by atoms with Crippen molar-refractivity contribution in [2.75, 3.05) is 0 Å². The second-order valence-electron chi connectivity index (χ2n) is 5.44. The van der Waals surface area contributed by atoms with Gasteiger partial charge in [-0.05, 0) is 47.0 Å². The summed E-state index contributed by atoms with van der Waals surface area (Å²) in [7, 11) is 1.32. The fraction of sp³-hybridized carbons (Fsp3) is 0.583. The third kappa shape index (κ3) is 2.63. The average molecular weight is 383 g/mol. The van der Waals surface area contributed by atoms with Gasteiger partial charge in [-0.15, -0.1) is 0 Å². The molecule has 1 aromatic rings. The number of hydrogen-bond donors (Lipinski definition) is 1. The molecule has 2 aliphatic rings. The highest BCUT2D eigenvalue weighted by Gasteiger charge is 2.40. The largest absolute Gasteiger partial charge is 0.443 e. The summed E-state index contributed by atoms with van der Waals surface area (Å²) in [6, 6.07) is 1.32. The van der Waals surface area contributed by atoms with Crippen LogP contribution < -0.4 is 5.32 Å². The first-order valence-corrected chi connectivity index (χ1v) is 9.49. The van der Waals surface area contributed by atoms with Crippen molar-refractivity contribution in [3.05, 3.63) is 16.5 Å². The number of fused-ring (bicyclic) bond motifs is 2. The number of carbonyl (C=O) groups excluding carboxylic acids is 1. The Morgan fingerprint density at radius 3 is 2.65 bits per heavy atom. The van der Waals surface area contributed by atoms with E-state index in [1.165, 1.54) is 12.8 Å². The molecule has 110 valence electrons. The summed E-state index contributed by atoms with van der Waals surface area (Å²) in [5, 5.41) is 2.93. The number of hydrogen-bond acceptors (Lipinski definition) is 4. The number of halogens is 2. The van der Waals surface area contributed by atoms with Crippen molar-refractivity contribution in [1.82, 2.24) is 5.32 Å². The molecule has 1 heterocycles. The number of carbonyl (C=O) groups is 1. The van der Waals surface area contributed by atoms with Crippen LogP contribution in [0.3, 0.4) is 0 Å². The summed E-state index contributed by atoms with van der Waals surface area (Å²) >= 11 is 2.96. The van der Waals surface area contributed by atoms with Gasteiger partial charge < -0.3 is 9.73 Å². The molecule has 5 nitrogen and oxygen atoms in total. The zero-order valence-electron chi connectivity index (χ0n) is 10.4. The van der Waals surface area contributed by atoms with Gasteiger partial charge in [0.25, 0.3) is 15.0 Å². The Balaban J connectivity index is 1.75. The molecule has 1 N–H and O–H groups in total. The SMILES string of the molecule is O=C(NC1CC2CCC1C2)c1cc(S(=O)(=O)Cl)c(Br)o1. The van der Waals surface area contributed by atoms with E-state index in [2.05, 4.69) is 21.2 Å². The lowest BCUT2D eigenvalue weighted by Crippen LogP contribution is -2.38. The van der Waals surface area contributed by atoms with E-state index in [-0.39, 0.29) is 21.4 Å². The first-order chi connectivity index (χ1) is 9.34. The van der Waals surface area contributed by atoms with Gasteiger partial charge in [0, 0.05) is 22.8 Å². The van der Waals surface area contributed by atoms with Crippen LogP contribution in [0.5, 0.6) is 0 Å². The topological polar surface area (TPSA) is 76.4 Å². The Hall–Kier alpha value is -0.530. The number of rotatable bonds is 3. The quantitative estimate of drug-likeness (QED) is 0.816. The van der Waals surface area contributed by atoms with E-state index in [4.69, 9.17) is 15.1 Å². The second kappa shape index (κ2) is 5.03. The van der Waals surface area contributed by atoms with E-state index >= 15 is 0 Å². The minimum atomic E-state index is -3.93. The zero-order valence-corrected chi connectivity index (χ0v) is 13.6. The van der Waals surface area contributed by atoms with Gasteiger partial charge in [-0.2, -0.15) is 0 Å². The highest BCUT2D eigenvalue weighted by molar-refractivity contribution is 9.10. The highest BCUT2D eigenvalue weighted by atomic mass is 79.9. The Morgan fingerprint density at radius 2 is 2.15 bits per heavy atom. The normalized spacial score (nSPS) is 28.8. The average Bonchev–Trinajstić information content (AvgIpc) is 3.01. The zero-order chi connectivity index (χ0) is 14.5. The van der Waals surface area contributed by atoms with E-state index in [1.807, 2.05) is 0 Å². The molecule has 2 aliphatic carbocycles. The van der Waals surface area contributed by atoms with Crippen LogP contribution >= 0.6 is 26.6 Å². The van der Waals surface area contributed by atoms with Gasteiger partial charge >= 0.3 is 0 Å². The molecule has 0 spiro atoms. The monoisotopic (exact) mass is 381 g/mol. The highest BCUT2D eigenvalue weighted by Crippen LogP contribution is 2.44. The van der Waals surface area contributed by atoms with Gasteiger partial charge in [-0.25, -0.2) is 8.42 Å². The lowest BCUT2D eigenvalue weighted by atomic mass is 9.95. The molecule has 0 aliphatic heterocycles.